The first-order valence-corrected chi connectivity index (χ1v) is 6.77. The molecule has 2 fully saturated rings. The molecule has 0 radical (unpaired) electrons. The molecule has 0 amide bonds. The Bertz CT molecular complexity index is 220. The van der Waals surface area contributed by atoms with E-state index in [0.29, 0.717) is 10.8 Å². The Kier molecular flexibility index (Phi) is 2.51. The van der Waals surface area contributed by atoms with Crippen molar-refractivity contribution in [1.29, 1.82) is 0 Å². The summed E-state index contributed by atoms with van der Waals surface area (Å²) in [4.78, 5) is 2.65. The molecule has 14 heavy (non-hydrogen) atoms. The number of fused-ring (bicyclic) bond motifs is 1. The second-order valence-electron chi connectivity index (χ2n) is 6.53. The first-order valence-electron chi connectivity index (χ1n) is 5.65. The van der Waals surface area contributed by atoms with Crippen molar-refractivity contribution in [2.24, 2.45) is 22.7 Å². The van der Waals surface area contributed by atoms with Crippen LogP contribution in [0.3, 0.4) is 0 Å². The van der Waals surface area contributed by atoms with Crippen molar-refractivity contribution in [2.75, 3.05) is 25.0 Å². The lowest BCUT2D eigenvalue weighted by atomic mass is 9.95. The number of alkyl halides is 1. The molecule has 0 aromatic heterocycles. The molecule has 1 aliphatic carbocycles. The van der Waals surface area contributed by atoms with Gasteiger partial charge in [-0.25, -0.2) is 0 Å². The molecule has 1 nitrogen and oxygen atoms in total. The summed E-state index contributed by atoms with van der Waals surface area (Å²) in [5, 5.41) is 1.11. The average molecular weight is 260 g/mol. The molecule has 0 aromatic carbocycles. The predicted octanol–water partition coefficient (Wildman–Crippen LogP) is 3.00. The van der Waals surface area contributed by atoms with E-state index in [0.717, 1.165) is 17.2 Å². The SMILES string of the molecule is CC(C)(CBr)CN1CC2C(C1)C2(C)C. The van der Waals surface area contributed by atoms with Crippen molar-refractivity contribution in [2.45, 2.75) is 27.7 Å². The Balaban J connectivity index is 1.83. The third-order valence-corrected chi connectivity index (χ3v) is 5.73. The van der Waals surface area contributed by atoms with Crippen LogP contribution < -0.4 is 0 Å². The van der Waals surface area contributed by atoms with E-state index >= 15 is 0 Å². The minimum Gasteiger partial charge on any atom is -0.302 e. The van der Waals surface area contributed by atoms with Gasteiger partial charge in [-0.3, -0.25) is 0 Å². The fourth-order valence-corrected chi connectivity index (χ4v) is 3.17. The molecule has 82 valence electrons. The molecule has 1 saturated heterocycles. The summed E-state index contributed by atoms with van der Waals surface area (Å²) in [6.45, 7) is 13.5. The first-order chi connectivity index (χ1) is 6.37. The molecule has 2 aliphatic rings. The molecule has 0 spiro atoms. The lowest BCUT2D eigenvalue weighted by molar-refractivity contribution is 0.191. The molecule has 1 heterocycles. The smallest absolute Gasteiger partial charge is 0.00949 e. The molecule has 0 bridgehead atoms. The van der Waals surface area contributed by atoms with Gasteiger partial charge in [-0.05, 0) is 22.7 Å². The Labute approximate surface area is 96.4 Å². The topological polar surface area (TPSA) is 3.24 Å². The summed E-state index contributed by atoms with van der Waals surface area (Å²) in [6.07, 6.45) is 0. The summed E-state index contributed by atoms with van der Waals surface area (Å²) < 4.78 is 0. The zero-order chi connectivity index (χ0) is 10.6. The van der Waals surface area contributed by atoms with Gasteiger partial charge < -0.3 is 4.90 Å². The summed E-state index contributed by atoms with van der Waals surface area (Å²) in [5.74, 6) is 1.99. The van der Waals surface area contributed by atoms with E-state index in [4.69, 9.17) is 0 Å². The van der Waals surface area contributed by atoms with Gasteiger partial charge in [-0.2, -0.15) is 0 Å². The molecule has 1 saturated carbocycles. The van der Waals surface area contributed by atoms with E-state index < -0.39 is 0 Å². The van der Waals surface area contributed by atoms with Crippen LogP contribution in [0.25, 0.3) is 0 Å². The monoisotopic (exact) mass is 259 g/mol. The maximum Gasteiger partial charge on any atom is 0.00949 e. The van der Waals surface area contributed by atoms with Crippen LogP contribution in [0.2, 0.25) is 0 Å². The third kappa shape index (κ3) is 1.76. The number of piperidine rings is 1. The predicted molar refractivity (Wildman–Crippen MR) is 64.8 cm³/mol. The van der Waals surface area contributed by atoms with Gasteiger partial charge >= 0.3 is 0 Å². The van der Waals surface area contributed by atoms with Gasteiger partial charge in [0.05, 0.1) is 0 Å². The normalized spacial score (nSPS) is 35.8. The van der Waals surface area contributed by atoms with Crippen LogP contribution in [0, 0.1) is 22.7 Å². The highest BCUT2D eigenvalue weighted by atomic mass is 79.9. The van der Waals surface area contributed by atoms with E-state index in [9.17, 15) is 0 Å². The molecule has 0 aromatic rings. The first kappa shape index (κ1) is 10.9. The summed E-state index contributed by atoms with van der Waals surface area (Å²) >= 11 is 3.60. The summed E-state index contributed by atoms with van der Waals surface area (Å²) in [5.41, 5.74) is 1.09. The number of hydrogen-bond donors (Lipinski definition) is 0. The molecular weight excluding hydrogens is 238 g/mol. The fourth-order valence-electron chi connectivity index (χ4n) is 2.99. The standard InChI is InChI=1S/C12H22BrN/c1-11(2,7-13)8-14-5-9-10(6-14)12(9,3)4/h9-10H,5-8H2,1-4H3. The molecule has 2 unspecified atom stereocenters. The highest BCUT2D eigenvalue weighted by Gasteiger charge is 2.61. The maximum absolute atomic E-state index is 3.60. The molecular formula is C12H22BrN. The molecule has 0 N–H and O–H groups in total. The highest BCUT2D eigenvalue weighted by Crippen LogP contribution is 2.62. The van der Waals surface area contributed by atoms with E-state index in [1.165, 1.54) is 19.6 Å². The van der Waals surface area contributed by atoms with E-state index in [1.54, 1.807) is 0 Å². The van der Waals surface area contributed by atoms with Crippen LogP contribution in [0.5, 0.6) is 0 Å². The molecule has 2 atom stereocenters. The van der Waals surface area contributed by atoms with Crippen molar-refractivity contribution >= 4 is 15.9 Å². The van der Waals surface area contributed by atoms with Crippen molar-refractivity contribution in [3.05, 3.63) is 0 Å². The van der Waals surface area contributed by atoms with Gasteiger partial charge in [-0.1, -0.05) is 43.6 Å². The van der Waals surface area contributed by atoms with Crippen LogP contribution >= 0.6 is 15.9 Å². The average Bonchev–Trinajstić information content (AvgIpc) is 2.52. The molecule has 2 rings (SSSR count). The summed E-state index contributed by atoms with van der Waals surface area (Å²) in [6, 6.07) is 0. The Hall–Kier alpha value is 0.440. The number of halogens is 1. The Morgan fingerprint density at radius 2 is 1.79 bits per heavy atom. The lowest BCUT2D eigenvalue weighted by Gasteiger charge is -2.30. The van der Waals surface area contributed by atoms with Gasteiger partial charge in [0.25, 0.3) is 0 Å². The van der Waals surface area contributed by atoms with Crippen LogP contribution in [-0.4, -0.2) is 29.9 Å². The van der Waals surface area contributed by atoms with Crippen LogP contribution in [0.1, 0.15) is 27.7 Å². The van der Waals surface area contributed by atoms with E-state index in [1.807, 2.05) is 0 Å². The Morgan fingerprint density at radius 3 is 2.21 bits per heavy atom. The van der Waals surface area contributed by atoms with Crippen LogP contribution in [-0.2, 0) is 0 Å². The maximum atomic E-state index is 3.60. The Morgan fingerprint density at radius 1 is 1.29 bits per heavy atom. The van der Waals surface area contributed by atoms with Gasteiger partial charge in [-0.15, -0.1) is 0 Å². The minimum absolute atomic E-state index is 0.431. The van der Waals surface area contributed by atoms with Crippen LogP contribution in [0.4, 0.5) is 0 Å². The van der Waals surface area contributed by atoms with Gasteiger partial charge in [0.2, 0.25) is 0 Å². The number of nitrogens with zero attached hydrogens (tertiary/aromatic N) is 1. The number of likely N-dealkylation sites (tertiary alicyclic amines) is 1. The van der Waals surface area contributed by atoms with Gasteiger partial charge in [0, 0.05) is 25.0 Å². The largest absolute Gasteiger partial charge is 0.302 e. The number of hydrogen-bond acceptors (Lipinski definition) is 1. The second kappa shape index (κ2) is 3.21. The van der Waals surface area contributed by atoms with Gasteiger partial charge in [0.15, 0.2) is 0 Å². The van der Waals surface area contributed by atoms with Gasteiger partial charge in [0.1, 0.15) is 0 Å². The van der Waals surface area contributed by atoms with Crippen LogP contribution in [0.15, 0.2) is 0 Å². The lowest BCUT2D eigenvalue weighted by Crippen LogP contribution is -2.36. The summed E-state index contributed by atoms with van der Waals surface area (Å²) in [7, 11) is 0. The zero-order valence-electron chi connectivity index (χ0n) is 9.81. The van der Waals surface area contributed by atoms with Crippen molar-refractivity contribution in [3.63, 3.8) is 0 Å². The minimum atomic E-state index is 0.431. The van der Waals surface area contributed by atoms with Crippen molar-refractivity contribution < 1.29 is 0 Å². The van der Waals surface area contributed by atoms with Crippen molar-refractivity contribution in [3.8, 4) is 0 Å². The third-order valence-electron chi connectivity index (χ3n) is 4.21. The zero-order valence-corrected chi connectivity index (χ0v) is 11.4. The fraction of sp³-hybridized carbons (Fsp3) is 1.00. The van der Waals surface area contributed by atoms with Crippen molar-refractivity contribution in [1.82, 2.24) is 4.90 Å². The molecule has 2 heteroatoms. The van der Waals surface area contributed by atoms with E-state index in [-0.39, 0.29) is 0 Å². The van der Waals surface area contributed by atoms with E-state index in [2.05, 4.69) is 48.5 Å². The highest BCUT2D eigenvalue weighted by molar-refractivity contribution is 9.09. The number of rotatable bonds is 3. The second-order valence-corrected chi connectivity index (χ2v) is 7.09. The molecule has 1 aliphatic heterocycles. The quantitative estimate of drug-likeness (QED) is 0.705.